The molecule has 0 aliphatic heterocycles. The van der Waals surface area contributed by atoms with Crippen molar-refractivity contribution in [2.75, 3.05) is 12.3 Å². The summed E-state index contributed by atoms with van der Waals surface area (Å²) >= 11 is 0. The highest BCUT2D eigenvalue weighted by molar-refractivity contribution is 7.90. The number of nitrogens with two attached hydrogens (primary N) is 1. The minimum absolute atomic E-state index is 0.00953. The van der Waals surface area contributed by atoms with Gasteiger partial charge in [-0.15, -0.1) is 0 Å². The van der Waals surface area contributed by atoms with Gasteiger partial charge in [0.05, 0.1) is 12.3 Å². The van der Waals surface area contributed by atoms with Crippen LogP contribution in [-0.4, -0.2) is 30.9 Å². The molecule has 208 valence electrons. The molecule has 0 bridgehead atoms. The molecular weight excluding hydrogens is 528 g/mol. The molecule has 9 nitrogen and oxygen atoms in total. The number of nitrogen functional groups attached to an aromatic ring is 1. The maximum absolute atomic E-state index is 13.3. The van der Waals surface area contributed by atoms with E-state index in [2.05, 4.69) is 28.5 Å². The van der Waals surface area contributed by atoms with Gasteiger partial charge in [-0.2, -0.15) is 8.42 Å². The lowest BCUT2D eigenvalue weighted by Crippen LogP contribution is -2.31. The summed E-state index contributed by atoms with van der Waals surface area (Å²) in [6.45, 7) is 10.5. The summed E-state index contributed by atoms with van der Waals surface area (Å²) in [6.07, 6.45) is 0. The monoisotopic (exact) mass is 560 g/mol. The number of hydrogen-bond acceptors (Lipinski definition) is 8. The van der Waals surface area contributed by atoms with Gasteiger partial charge in [-0.25, -0.2) is 14.7 Å². The summed E-state index contributed by atoms with van der Waals surface area (Å²) in [7, 11) is -4.31. The minimum Gasteiger partial charge on any atom is -0.493 e. The Morgan fingerprint density at radius 3 is 2.33 bits per heavy atom. The highest BCUT2D eigenvalue weighted by Gasteiger charge is 2.25. The zero-order valence-corrected chi connectivity index (χ0v) is 23.9. The Kier molecular flexibility index (Phi) is 8.39. The van der Waals surface area contributed by atoms with Gasteiger partial charge < -0.3 is 15.2 Å². The Morgan fingerprint density at radius 1 is 0.950 bits per heavy atom. The first-order chi connectivity index (χ1) is 18.9. The number of nitrogens with zero attached hydrogens (tertiary/aromatic N) is 2. The third-order valence-corrected chi connectivity index (χ3v) is 7.10. The molecule has 4 rings (SSSR count). The molecule has 0 saturated carbocycles. The second-order valence-electron chi connectivity index (χ2n) is 9.95. The Bertz CT molecular complexity index is 1650. The average Bonchev–Trinajstić information content (AvgIpc) is 2.89. The van der Waals surface area contributed by atoms with Crippen molar-refractivity contribution in [2.45, 2.75) is 39.6 Å². The van der Waals surface area contributed by atoms with Crippen LogP contribution in [0, 0.1) is 26.7 Å². The smallest absolute Gasteiger partial charge is 0.281 e. The van der Waals surface area contributed by atoms with E-state index in [0.717, 1.165) is 22.3 Å². The highest BCUT2D eigenvalue weighted by Crippen LogP contribution is 2.33. The molecule has 2 heterocycles. The van der Waals surface area contributed by atoms with Crippen LogP contribution in [0.2, 0.25) is 0 Å². The molecule has 40 heavy (non-hydrogen) atoms. The second-order valence-corrected chi connectivity index (χ2v) is 11.6. The molecule has 2 aromatic carbocycles. The summed E-state index contributed by atoms with van der Waals surface area (Å²) in [5.74, 6) is 0.612. The summed E-state index contributed by atoms with van der Waals surface area (Å²) in [4.78, 5) is 21.8. The fourth-order valence-electron chi connectivity index (χ4n) is 4.09. The van der Waals surface area contributed by atoms with Gasteiger partial charge in [-0.1, -0.05) is 49.7 Å². The Labute approximate surface area is 234 Å². The van der Waals surface area contributed by atoms with E-state index in [1.807, 2.05) is 57.2 Å². The number of amides is 1. The van der Waals surface area contributed by atoms with E-state index in [1.165, 1.54) is 24.3 Å². The molecule has 0 aliphatic carbocycles. The molecule has 2 aromatic heterocycles. The number of hydrogen-bond donors (Lipinski definition) is 2. The van der Waals surface area contributed by atoms with E-state index < -0.39 is 15.9 Å². The van der Waals surface area contributed by atoms with Gasteiger partial charge >= 0.3 is 0 Å². The van der Waals surface area contributed by atoms with Crippen molar-refractivity contribution in [1.29, 1.82) is 0 Å². The van der Waals surface area contributed by atoms with E-state index in [1.54, 1.807) is 6.07 Å². The van der Waals surface area contributed by atoms with Gasteiger partial charge in [0.1, 0.15) is 22.9 Å². The normalized spacial score (nSPS) is 11.3. The standard InChI is InChI=1S/C30H32N4O5S/c1-18(2)17-38-23-9-6-8-22(16-23)25-13-12-24(29(35)34-40(36,37)27-11-7-10-26(31)33-27)30(32-25)39-28-20(4)14-19(3)15-21(28)5/h6-16,18H,17H2,1-5H3,(H2,31,33)(H,34,35). The van der Waals surface area contributed by atoms with Crippen molar-refractivity contribution in [3.63, 3.8) is 0 Å². The maximum Gasteiger partial charge on any atom is 0.281 e. The number of ether oxygens (including phenoxy) is 2. The number of carbonyl (C=O) groups is 1. The number of rotatable bonds is 9. The van der Waals surface area contributed by atoms with Crippen molar-refractivity contribution in [3.05, 3.63) is 89.0 Å². The Hall–Kier alpha value is -4.44. The lowest BCUT2D eigenvalue weighted by atomic mass is 10.1. The number of nitrogens with one attached hydrogen (secondary N) is 1. The first-order valence-corrected chi connectivity index (χ1v) is 14.2. The summed E-state index contributed by atoms with van der Waals surface area (Å²) in [5.41, 5.74) is 9.57. The van der Waals surface area contributed by atoms with Crippen LogP contribution >= 0.6 is 0 Å². The average molecular weight is 561 g/mol. The molecule has 10 heteroatoms. The summed E-state index contributed by atoms with van der Waals surface area (Å²) < 4.78 is 39.9. The van der Waals surface area contributed by atoms with Crippen LogP contribution in [0.1, 0.15) is 40.9 Å². The Balaban J connectivity index is 1.75. The zero-order valence-electron chi connectivity index (χ0n) is 23.1. The van der Waals surface area contributed by atoms with Crippen LogP contribution in [0.15, 0.2) is 71.8 Å². The Morgan fingerprint density at radius 2 is 1.65 bits per heavy atom. The molecule has 0 aliphatic rings. The number of carbonyl (C=O) groups excluding carboxylic acids is 1. The molecule has 0 radical (unpaired) electrons. The fraction of sp³-hybridized carbons (Fsp3) is 0.233. The quantitative estimate of drug-likeness (QED) is 0.270. The van der Waals surface area contributed by atoms with Gasteiger partial charge in [0.25, 0.3) is 15.9 Å². The second kappa shape index (κ2) is 11.7. The zero-order chi connectivity index (χ0) is 29.0. The third-order valence-electron chi connectivity index (χ3n) is 5.87. The van der Waals surface area contributed by atoms with Crippen molar-refractivity contribution in [3.8, 4) is 28.6 Å². The van der Waals surface area contributed by atoms with Crippen LogP contribution in [0.25, 0.3) is 11.3 Å². The minimum atomic E-state index is -4.31. The van der Waals surface area contributed by atoms with Gasteiger partial charge in [0.2, 0.25) is 5.88 Å². The molecule has 3 N–H and O–H groups in total. The van der Waals surface area contributed by atoms with Crippen molar-refractivity contribution in [2.24, 2.45) is 5.92 Å². The predicted molar refractivity (Wildman–Crippen MR) is 154 cm³/mol. The predicted octanol–water partition coefficient (Wildman–Crippen LogP) is 5.60. The van der Waals surface area contributed by atoms with E-state index in [0.29, 0.717) is 29.7 Å². The maximum atomic E-state index is 13.3. The largest absolute Gasteiger partial charge is 0.493 e. The molecule has 1 amide bonds. The van der Waals surface area contributed by atoms with Gasteiger partial charge in [0, 0.05) is 5.56 Å². The summed E-state index contributed by atoms with van der Waals surface area (Å²) in [6, 6.07) is 18.6. The van der Waals surface area contributed by atoms with Crippen LogP contribution in [0.3, 0.4) is 0 Å². The van der Waals surface area contributed by atoms with Crippen LogP contribution in [-0.2, 0) is 10.0 Å². The topological polar surface area (TPSA) is 134 Å². The first kappa shape index (κ1) is 28.6. The van der Waals surface area contributed by atoms with E-state index >= 15 is 0 Å². The van der Waals surface area contributed by atoms with Crippen LogP contribution in [0.4, 0.5) is 5.82 Å². The molecule has 0 spiro atoms. The number of anilines is 1. The first-order valence-electron chi connectivity index (χ1n) is 12.7. The highest BCUT2D eigenvalue weighted by atomic mass is 32.2. The van der Waals surface area contributed by atoms with Crippen molar-refractivity contribution < 1.29 is 22.7 Å². The molecule has 0 saturated heterocycles. The van der Waals surface area contributed by atoms with E-state index in [9.17, 15) is 13.2 Å². The lowest BCUT2D eigenvalue weighted by Gasteiger charge is -2.16. The van der Waals surface area contributed by atoms with E-state index in [-0.39, 0.29) is 22.3 Å². The lowest BCUT2D eigenvalue weighted by molar-refractivity contribution is 0.0978. The molecule has 0 fully saturated rings. The van der Waals surface area contributed by atoms with Gasteiger partial charge in [0.15, 0.2) is 5.03 Å². The fourth-order valence-corrected chi connectivity index (χ4v) is 5.04. The van der Waals surface area contributed by atoms with Crippen LogP contribution in [0.5, 0.6) is 17.4 Å². The SMILES string of the molecule is Cc1cc(C)c(Oc2nc(-c3cccc(OCC(C)C)c3)ccc2C(=O)NS(=O)(=O)c2cccc(N)n2)c(C)c1. The number of sulfonamides is 1. The summed E-state index contributed by atoms with van der Waals surface area (Å²) in [5, 5.41) is -0.378. The van der Waals surface area contributed by atoms with Crippen molar-refractivity contribution >= 4 is 21.7 Å². The number of pyridine rings is 2. The van der Waals surface area contributed by atoms with Crippen molar-refractivity contribution in [1.82, 2.24) is 14.7 Å². The number of aryl methyl sites for hydroxylation is 3. The molecule has 4 aromatic rings. The third kappa shape index (κ3) is 6.76. The van der Waals surface area contributed by atoms with Gasteiger partial charge in [-0.05, 0) is 74.2 Å². The number of aromatic nitrogens is 2. The molecule has 0 unspecified atom stereocenters. The van der Waals surface area contributed by atoms with Crippen LogP contribution < -0.4 is 19.9 Å². The molecular formula is C30H32N4O5S. The number of benzene rings is 2. The van der Waals surface area contributed by atoms with Gasteiger partial charge in [-0.3, -0.25) is 4.79 Å². The molecule has 0 atom stereocenters. The van der Waals surface area contributed by atoms with E-state index in [4.69, 9.17) is 15.2 Å².